The first-order valence-electron chi connectivity index (χ1n) is 10.7. The summed E-state index contributed by atoms with van der Waals surface area (Å²) in [5.74, 6) is 0. The minimum absolute atomic E-state index is 0.215. The first kappa shape index (κ1) is 23.7. The average Bonchev–Trinajstić information content (AvgIpc) is 2.80. The van der Waals surface area contributed by atoms with Gasteiger partial charge < -0.3 is 0 Å². The maximum absolute atomic E-state index is 3.12. The molecule has 31 heavy (non-hydrogen) atoms. The van der Waals surface area contributed by atoms with Crippen molar-refractivity contribution in [2.45, 2.75) is 29.9 Å². The van der Waals surface area contributed by atoms with E-state index < -0.39 is 0 Å². The lowest BCUT2D eigenvalue weighted by Gasteiger charge is -2.35. The third-order valence-corrected chi connectivity index (χ3v) is 8.94. The maximum Gasteiger partial charge on any atom is 0.0821 e. The zero-order valence-corrected chi connectivity index (χ0v) is 21.7. The molecule has 0 aliphatic carbocycles. The molecular weight excluding hydrogens is 506 g/mol. The molecular formula is C29H30IP. The molecule has 0 aliphatic heterocycles. The minimum atomic E-state index is -0.215. The predicted molar refractivity (Wildman–Crippen MR) is 151 cm³/mol. The van der Waals surface area contributed by atoms with Gasteiger partial charge in [0.25, 0.3) is 0 Å². The Labute approximate surface area is 203 Å². The first-order valence-corrected chi connectivity index (χ1v) is 12.4. The number of allylic oxidation sites excluding steroid dienone is 3. The van der Waals surface area contributed by atoms with Crippen LogP contribution in [0.15, 0.2) is 91.0 Å². The van der Waals surface area contributed by atoms with Crippen molar-refractivity contribution in [3.8, 4) is 0 Å². The van der Waals surface area contributed by atoms with Crippen molar-refractivity contribution >= 4 is 50.1 Å². The Morgan fingerprint density at radius 1 is 0.613 bits per heavy atom. The van der Waals surface area contributed by atoms with Crippen LogP contribution in [-0.2, 0) is 3.42 Å². The molecule has 158 valence electrons. The molecule has 0 nitrogen and oxygen atoms in total. The number of hydrogen-bond donors (Lipinski definition) is 0. The van der Waals surface area contributed by atoms with Gasteiger partial charge in [0.1, 0.15) is 0 Å². The van der Waals surface area contributed by atoms with E-state index in [-0.39, 0.29) is 9.08 Å². The Bertz CT molecular complexity index is 1000. The van der Waals surface area contributed by atoms with Crippen LogP contribution >= 0.6 is 31.8 Å². The van der Waals surface area contributed by atoms with Crippen molar-refractivity contribution in [1.29, 1.82) is 0 Å². The minimum Gasteiger partial charge on any atom is -0.128 e. The molecule has 0 amide bonds. The Hall–Kier alpha value is -1.96. The van der Waals surface area contributed by atoms with E-state index in [0.717, 1.165) is 0 Å². The third-order valence-electron chi connectivity index (χ3n) is 5.46. The predicted octanol–water partition coefficient (Wildman–Crippen LogP) is 9.08. The van der Waals surface area contributed by atoms with Gasteiger partial charge in [-0.25, -0.2) is 0 Å². The van der Waals surface area contributed by atoms with E-state index in [9.17, 15) is 0 Å². The molecule has 0 bridgehead atoms. The van der Waals surface area contributed by atoms with Crippen LogP contribution in [0.5, 0.6) is 0 Å². The van der Waals surface area contributed by atoms with Gasteiger partial charge in [0.05, 0.1) is 3.42 Å². The lowest BCUT2D eigenvalue weighted by Crippen LogP contribution is -2.25. The van der Waals surface area contributed by atoms with E-state index in [4.69, 9.17) is 0 Å². The quantitative estimate of drug-likeness (QED) is 0.161. The van der Waals surface area contributed by atoms with Crippen LogP contribution in [0.25, 0.3) is 18.2 Å². The molecule has 2 atom stereocenters. The molecule has 2 heteroatoms. The third kappa shape index (κ3) is 5.45. The molecule has 3 rings (SSSR count). The van der Waals surface area contributed by atoms with Gasteiger partial charge in [0, 0.05) is 5.66 Å². The van der Waals surface area contributed by atoms with Gasteiger partial charge >= 0.3 is 0 Å². The van der Waals surface area contributed by atoms with Crippen LogP contribution in [0.4, 0.5) is 0 Å². The highest BCUT2D eigenvalue weighted by molar-refractivity contribution is 14.1. The zero-order valence-electron chi connectivity index (χ0n) is 18.4. The summed E-state index contributed by atoms with van der Waals surface area (Å²) < 4.78 is -0.215. The van der Waals surface area contributed by atoms with Gasteiger partial charge in [0.2, 0.25) is 0 Å². The number of hydrogen-bond acceptors (Lipinski definition) is 0. The topological polar surface area (TPSA) is 0 Å². The fourth-order valence-electron chi connectivity index (χ4n) is 3.82. The molecule has 3 aromatic carbocycles. The SMILES string of the molecule is CC=Cc1ccc(C(P)C(I)(c2ccc(C=CC)cc2)c2ccc(C=CC)cc2)cc1. The molecule has 0 radical (unpaired) electrons. The number of rotatable bonds is 7. The van der Waals surface area contributed by atoms with Gasteiger partial charge in [-0.2, -0.15) is 0 Å². The van der Waals surface area contributed by atoms with Crippen molar-refractivity contribution in [3.63, 3.8) is 0 Å². The molecule has 0 heterocycles. The highest BCUT2D eigenvalue weighted by Gasteiger charge is 2.38. The van der Waals surface area contributed by atoms with Crippen LogP contribution < -0.4 is 0 Å². The van der Waals surface area contributed by atoms with Crippen molar-refractivity contribution in [1.82, 2.24) is 0 Å². The summed E-state index contributed by atoms with van der Waals surface area (Å²) in [6, 6.07) is 26.8. The standard InChI is InChI=1S/C29H30IP/c1-4-7-22-10-16-25(17-11-22)28(31)29(30,26-18-12-23(8-5-2)13-19-26)27-20-14-24(9-6-3)15-21-27/h4-21,28H,31H2,1-3H3. The Kier molecular flexibility index (Phi) is 8.46. The number of alkyl halides is 1. The van der Waals surface area contributed by atoms with Crippen LogP contribution in [0, 0.1) is 0 Å². The Morgan fingerprint density at radius 2 is 0.935 bits per heavy atom. The van der Waals surface area contributed by atoms with Gasteiger partial charge in [-0.3, -0.25) is 0 Å². The van der Waals surface area contributed by atoms with Crippen molar-refractivity contribution in [2.75, 3.05) is 0 Å². The van der Waals surface area contributed by atoms with Crippen LogP contribution in [0.3, 0.4) is 0 Å². The molecule has 2 unspecified atom stereocenters. The van der Waals surface area contributed by atoms with Gasteiger partial charge in [0.15, 0.2) is 0 Å². The molecule has 0 spiro atoms. The van der Waals surface area contributed by atoms with E-state index in [2.05, 4.69) is 162 Å². The smallest absolute Gasteiger partial charge is 0.0821 e. The van der Waals surface area contributed by atoms with E-state index in [1.54, 1.807) is 0 Å². The largest absolute Gasteiger partial charge is 0.128 e. The van der Waals surface area contributed by atoms with Crippen molar-refractivity contribution in [2.24, 2.45) is 0 Å². The summed E-state index contributed by atoms with van der Waals surface area (Å²) in [7, 11) is 3.12. The maximum atomic E-state index is 3.12. The fraction of sp³-hybridized carbons (Fsp3) is 0.172. The average molecular weight is 536 g/mol. The molecule has 0 saturated carbocycles. The zero-order chi connectivity index (χ0) is 22.3. The normalized spacial score (nSPS) is 15.0. The monoisotopic (exact) mass is 536 g/mol. The summed E-state index contributed by atoms with van der Waals surface area (Å²) in [6.45, 7) is 6.16. The van der Waals surface area contributed by atoms with E-state index >= 15 is 0 Å². The second-order valence-electron chi connectivity index (χ2n) is 7.60. The fourth-order valence-corrected chi connectivity index (χ4v) is 5.51. The molecule has 0 N–H and O–H groups in total. The molecule has 0 aromatic heterocycles. The summed E-state index contributed by atoms with van der Waals surface area (Å²) in [5.41, 5.74) is 7.81. The second-order valence-corrected chi connectivity index (χ2v) is 9.97. The van der Waals surface area contributed by atoms with Crippen LogP contribution in [0.1, 0.15) is 59.8 Å². The summed E-state index contributed by atoms with van der Waals surface area (Å²) in [6.07, 6.45) is 12.7. The first-order chi connectivity index (χ1) is 15.0. The second kappa shape index (κ2) is 11.1. The summed E-state index contributed by atoms with van der Waals surface area (Å²) in [5, 5.41) is 0. The highest BCUT2D eigenvalue weighted by atomic mass is 127. The van der Waals surface area contributed by atoms with E-state index in [1.807, 2.05) is 0 Å². The lowest BCUT2D eigenvalue weighted by molar-refractivity contribution is 0.753. The Morgan fingerprint density at radius 3 is 1.26 bits per heavy atom. The molecule has 0 saturated heterocycles. The van der Waals surface area contributed by atoms with E-state index in [1.165, 1.54) is 33.4 Å². The number of halogens is 1. The summed E-state index contributed by atoms with van der Waals surface area (Å²) >= 11 is 2.66. The number of benzene rings is 3. The molecule has 0 fully saturated rings. The lowest BCUT2D eigenvalue weighted by atomic mass is 9.84. The Balaban J connectivity index is 2.10. The van der Waals surface area contributed by atoms with Crippen LogP contribution in [0.2, 0.25) is 0 Å². The van der Waals surface area contributed by atoms with Crippen molar-refractivity contribution < 1.29 is 0 Å². The van der Waals surface area contributed by atoms with Gasteiger partial charge in [-0.05, 0) is 54.2 Å². The van der Waals surface area contributed by atoms with Gasteiger partial charge in [-0.1, -0.05) is 132 Å². The van der Waals surface area contributed by atoms with Gasteiger partial charge in [-0.15, -0.1) is 9.24 Å². The van der Waals surface area contributed by atoms with Crippen LogP contribution in [-0.4, -0.2) is 0 Å². The van der Waals surface area contributed by atoms with Crippen molar-refractivity contribution in [3.05, 3.63) is 124 Å². The molecule has 3 aromatic rings. The van der Waals surface area contributed by atoms with E-state index in [0.29, 0.717) is 0 Å². The highest BCUT2D eigenvalue weighted by Crippen LogP contribution is 2.53. The molecule has 0 aliphatic rings. The summed E-state index contributed by atoms with van der Waals surface area (Å²) in [4.78, 5) is 0.